The van der Waals surface area contributed by atoms with Crippen LogP contribution in [0.5, 0.6) is 0 Å². The van der Waals surface area contributed by atoms with Crippen molar-refractivity contribution >= 4 is 50.7 Å². The second-order valence-electron chi connectivity index (χ2n) is 8.68. The van der Waals surface area contributed by atoms with Crippen LogP contribution in [0.15, 0.2) is 42.5 Å². The van der Waals surface area contributed by atoms with Gasteiger partial charge in [-0.05, 0) is 61.6 Å². The van der Waals surface area contributed by atoms with Gasteiger partial charge in [-0.15, -0.1) is 0 Å². The maximum absolute atomic E-state index is 13.3. The Labute approximate surface area is 224 Å². The van der Waals surface area contributed by atoms with E-state index in [4.69, 9.17) is 23.2 Å². The fourth-order valence-corrected chi connectivity index (χ4v) is 5.15. The van der Waals surface area contributed by atoms with Gasteiger partial charge in [0.15, 0.2) is 0 Å². The molecule has 2 aromatic rings. The number of carbonyl (C=O) groups is 2. The number of carbonyl (C=O) groups excluding carboxylic acids is 2. The largest absolute Gasteiger partial charge is 0.354 e. The van der Waals surface area contributed by atoms with Crippen molar-refractivity contribution in [2.75, 3.05) is 23.7 Å². The third-order valence-corrected chi connectivity index (χ3v) is 7.64. The molecule has 0 aliphatic rings. The SMILES string of the molecule is CCCNC(=O)C(C)N(Cc1ccc(Cl)cc1Cl)C(=O)CCCN(c1ccc(CC)cc1)S(C)(=O)=O. The van der Waals surface area contributed by atoms with Crippen molar-refractivity contribution in [1.82, 2.24) is 10.2 Å². The van der Waals surface area contributed by atoms with E-state index in [0.717, 1.165) is 24.7 Å². The second kappa shape index (κ2) is 13.9. The van der Waals surface area contributed by atoms with Crippen molar-refractivity contribution in [3.63, 3.8) is 0 Å². The van der Waals surface area contributed by atoms with Crippen molar-refractivity contribution in [1.29, 1.82) is 0 Å². The standard InChI is InChI=1S/C26H35Cl2N3O4S/c1-5-15-29-26(33)19(3)30(18-21-11-12-22(27)17-24(21)28)25(32)8-7-16-31(36(4,34)35)23-13-9-20(6-2)10-14-23/h9-14,17,19H,5-8,15-16,18H2,1-4H3,(H,29,33). The Balaban J connectivity index is 2.18. The van der Waals surface area contributed by atoms with E-state index in [-0.39, 0.29) is 37.7 Å². The molecule has 2 amide bonds. The third-order valence-electron chi connectivity index (χ3n) is 5.86. The minimum atomic E-state index is -3.54. The zero-order valence-electron chi connectivity index (χ0n) is 21.3. The van der Waals surface area contributed by atoms with E-state index in [1.54, 1.807) is 37.3 Å². The van der Waals surface area contributed by atoms with Crippen LogP contribution < -0.4 is 9.62 Å². The number of nitrogens with one attached hydrogen (secondary N) is 1. The summed E-state index contributed by atoms with van der Waals surface area (Å²) >= 11 is 12.3. The van der Waals surface area contributed by atoms with Gasteiger partial charge in [-0.1, -0.05) is 55.2 Å². The van der Waals surface area contributed by atoms with Crippen LogP contribution in [0.1, 0.15) is 51.2 Å². The number of sulfonamides is 1. The van der Waals surface area contributed by atoms with Gasteiger partial charge < -0.3 is 10.2 Å². The predicted molar refractivity (Wildman–Crippen MR) is 147 cm³/mol. The molecule has 1 N–H and O–H groups in total. The van der Waals surface area contributed by atoms with E-state index in [1.807, 2.05) is 26.0 Å². The quantitative estimate of drug-likeness (QED) is 0.374. The number of nitrogens with zero attached hydrogens (tertiary/aromatic N) is 2. The maximum atomic E-state index is 13.3. The lowest BCUT2D eigenvalue weighted by molar-refractivity contribution is -0.140. The van der Waals surface area contributed by atoms with Gasteiger partial charge in [-0.3, -0.25) is 13.9 Å². The zero-order valence-corrected chi connectivity index (χ0v) is 23.6. The maximum Gasteiger partial charge on any atom is 0.242 e. The van der Waals surface area contributed by atoms with E-state index in [1.165, 1.54) is 9.21 Å². The van der Waals surface area contributed by atoms with Crippen LogP contribution in [0.4, 0.5) is 5.69 Å². The molecule has 0 saturated carbocycles. The molecule has 0 aliphatic heterocycles. The Kier molecular flexibility index (Phi) is 11.5. The Morgan fingerprint density at radius 3 is 2.28 bits per heavy atom. The molecule has 1 unspecified atom stereocenters. The van der Waals surface area contributed by atoms with Gasteiger partial charge in [-0.25, -0.2) is 8.42 Å². The number of halogens is 2. The van der Waals surface area contributed by atoms with E-state index in [2.05, 4.69) is 5.32 Å². The Hall–Kier alpha value is -2.29. The van der Waals surface area contributed by atoms with Crippen molar-refractivity contribution in [3.8, 4) is 0 Å². The smallest absolute Gasteiger partial charge is 0.242 e. The molecule has 7 nitrogen and oxygen atoms in total. The van der Waals surface area contributed by atoms with Gasteiger partial charge in [0.25, 0.3) is 0 Å². The molecule has 1 atom stereocenters. The summed E-state index contributed by atoms with van der Waals surface area (Å²) in [5.41, 5.74) is 2.33. The summed E-state index contributed by atoms with van der Waals surface area (Å²) in [6.45, 7) is 6.43. The number of hydrogen-bond acceptors (Lipinski definition) is 4. The highest BCUT2D eigenvalue weighted by molar-refractivity contribution is 7.92. The number of aryl methyl sites for hydroxylation is 1. The van der Waals surface area contributed by atoms with Crippen LogP contribution in [0.25, 0.3) is 0 Å². The molecule has 2 rings (SSSR count). The summed E-state index contributed by atoms with van der Waals surface area (Å²) in [6, 6.07) is 11.6. The topological polar surface area (TPSA) is 86.8 Å². The summed E-state index contributed by atoms with van der Waals surface area (Å²) in [5, 5.41) is 3.71. The summed E-state index contributed by atoms with van der Waals surface area (Å²) in [6.07, 6.45) is 3.13. The molecule has 0 fully saturated rings. The lowest BCUT2D eigenvalue weighted by Crippen LogP contribution is -2.48. The van der Waals surface area contributed by atoms with Gasteiger partial charge in [0.05, 0.1) is 11.9 Å². The van der Waals surface area contributed by atoms with Crippen molar-refractivity contribution in [3.05, 3.63) is 63.6 Å². The summed E-state index contributed by atoms with van der Waals surface area (Å²) in [5.74, 6) is -0.529. The minimum absolute atomic E-state index is 0.0651. The fourth-order valence-electron chi connectivity index (χ4n) is 3.71. The third kappa shape index (κ3) is 8.68. The molecule has 0 spiro atoms. The van der Waals surface area contributed by atoms with Gasteiger partial charge in [0.2, 0.25) is 21.8 Å². The van der Waals surface area contributed by atoms with Gasteiger partial charge >= 0.3 is 0 Å². The molecule has 0 aromatic heterocycles. The lowest BCUT2D eigenvalue weighted by Gasteiger charge is -2.29. The number of hydrogen-bond donors (Lipinski definition) is 1. The van der Waals surface area contributed by atoms with Gasteiger partial charge in [0.1, 0.15) is 6.04 Å². The molecule has 0 bridgehead atoms. The second-order valence-corrected chi connectivity index (χ2v) is 11.4. The van der Waals surface area contributed by atoms with Crippen LogP contribution >= 0.6 is 23.2 Å². The van der Waals surface area contributed by atoms with Crippen LogP contribution in [0, 0.1) is 0 Å². The highest BCUT2D eigenvalue weighted by Gasteiger charge is 2.27. The van der Waals surface area contributed by atoms with E-state index in [9.17, 15) is 18.0 Å². The number of anilines is 1. The fraction of sp³-hybridized carbons (Fsp3) is 0.462. The summed E-state index contributed by atoms with van der Waals surface area (Å²) in [4.78, 5) is 27.5. The molecule has 198 valence electrons. The molecule has 36 heavy (non-hydrogen) atoms. The average Bonchev–Trinajstić information content (AvgIpc) is 2.83. The first-order valence-corrected chi connectivity index (χ1v) is 14.7. The monoisotopic (exact) mass is 555 g/mol. The molecule has 10 heteroatoms. The minimum Gasteiger partial charge on any atom is -0.354 e. The highest BCUT2D eigenvalue weighted by atomic mass is 35.5. The highest BCUT2D eigenvalue weighted by Crippen LogP contribution is 2.24. The zero-order chi connectivity index (χ0) is 26.9. The molecular formula is C26H35Cl2N3O4S. The molecule has 0 radical (unpaired) electrons. The van der Waals surface area contributed by atoms with E-state index < -0.39 is 16.1 Å². The van der Waals surface area contributed by atoms with Crippen LogP contribution in [-0.4, -0.2) is 50.5 Å². The van der Waals surface area contributed by atoms with Gasteiger partial charge in [-0.2, -0.15) is 0 Å². The Bertz CT molecular complexity index is 1140. The van der Waals surface area contributed by atoms with Crippen molar-refractivity contribution in [2.24, 2.45) is 0 Å². The average molecular weight is 557 g/mol. The molecule has 0 heterocycles. The normalized spacial score (nSPS) is 12.2. The van der Waals surface area contributed by atoms with Crippen LogP contribution in [0.2, 0.25) is 10.0 Å². The van der Waals surface area contributed by atoms with Crippen LogP contribution in [0.3, 0.4) is 0 Å². The first-order valence-electron chi connectivity index (χ1n) is 12.1. The Morgan fingerprint density at radius 2 is 1.72 bits per heavy atom. The summed E-state index contributed by atoms with van der Waals surface area (Å²) in [7, 11) is -3.54. The lowest BCUT2D eigenvalue weighted by atomic mass is 10.1. The number of rotatable bonds is 13. The predicted octanol–water partition coefficient (Wildman–Crippen LogP) is 5.05. The van der Waals surface area contributed by atoms with Gasteiger partial charge in [0, 0.05) is 36.1 Å². The van der Waals surface area contributed by atoms with Crippen LogP contribution in [-0.2, 0) is 32.6 Å². The Morgan fingerprint density at radius 1 is 1.06 bits per heavy atom. The molecule has 2 aromatic carbocycles. The summed E-state index contributed by atoms with van der Waals surface area (Å²) < 4.78 is 26.2. The van der Waals surface area contributed by atoms with Crippen molar-refractivity contribution in [2.45, 2.75) is 59.0 Å². The number of benzene rings is 2. The first kappa shape index (κ1) is 29.9. The first-order chi connectivity index (χ1) is 17.0. The van der Waals surface area contributed by atoms with Crippen molar-refractivity contribution < 1.29 is 18.0 Å². The molecule has 0 saturated heterocycles. The molecule has 0 aliphatic carbocycles. The van der Waals surface area contributed by atoms with E-state index >= 15 is 0 Å². The number of amides is 2. The molecular weight excluding hydrogens is 521 g/mol. The van der Waals surface area contributed by atoms with E-state index in [0.29, 0.717) is 27.8 Å².